The first-order valence-corrected chi connectivity index (χ1v) is 7.61. The van der Waals surface area contributed by atoms with Crippen molar-refractivity contribution in [3.63, 3.8) is 0 Å². The van der Waals surface area contributed by atoms with Gasteiger partial charge in [0.15, 0.2) is 0 Å². The van der Waals surface area contributed by atoms with E-state index in [0.29, 0.717) is 6.04 Å². The Morgan fingerprint density at radius 2 is 2.16 bits per heavy atom. The van der Waals surface area contributed by atoms with E-state index in [4.69, 9.17) is 4.74 Å². The third-order valence-corrected chi connectivity index (χ3v) is 4.01. The minimum absolute atomic E-state index is 0.699. The molecule has 2 heteroatoms. The maximum absolute atomic E-state index is 5.47. The first kappa shape index (κ1) is 14.4. The lowest BCUT2D eigenvalue weighted by Crippen LogP contribution is -2.32. The van der Waals surface area contributed by atoms with Crippen LogP contribution in [0.15, 0.2) is 18.2 Å². The fourth-order valence-electron chi connectivity index (χ4n) is 2.75. The number of hydrogen-bond donors (Lipinski definition) is 1. The van der Waals surface area contributed by atoms with Crippen LogP contribution in [0.25, 0.3) is 0 Å². The van der Waals surface area contributed by atoms with E-state index >= 15 is 0 Å². The maximum atomic E-state index is 5.47. The maximum Gasteiger partial charge on any atom is 0.122 e. The predicted octanol–water partition coefficient (Wildman–Crippen LogP) is 3.71. The van der Waals surface area contributed by atoms with Crippen LogP contribution in [0.5, 0.6) is 5.75 Å². The van der Waals surface area contributed by atoms with E-state index in [0.717, 1.165) is 24.6 Å². The first-order valence-electron chi connectivity index (χ1n) is 7.61. The van der Waals surface area contributed by atoms with Crippen molar-refractivity contribution in [3.05, 3.63) is 29.3 Å². The van der Waals surface area contributed by atoms with E-state index < -0.39 is 0 Å². The van der Waals surface area contributed by atoms with Crippen molar-refractivity contribution in [2.75, 3.05) is 13.7 Å². The number of hydrogen-bond acceptors (Lipinski definition) is 2. The Morgan fingerprint density at radius 3 is 2.79 bits per heavy atom. The van der Waals surface area contributed by atoms with Crippen molar-refractivity contribution in [1.29, 1.82) is 0 Å². The Balaban J connectivity index is 1.94. The molecular formula is C17H27NO. The highest BCUT2D eigenvalue weighted by Gasteiger charge is 2.30. The summed E-state index contributed by atoms with van der Waals surface area (Å²) in [5.74, 6) is 1.96. The van der Waals surface area contributed by atoms with Crippen LogP contribution in [0.1, 0.15) is 43.7 Å². The largest absolute Gasteiger partial charge is 0.496 e. The van der Waals surface area contributed by atoms with Gasteiger partial charge in [0, 0.05) is 6.04 Å². The normalized spacial score (nSPS) is 16.4. The van der Waals surface area contributed by atoms with E-state index in [2.05, 4.69) is 37.4 Å². The Hall–Kier alpha value is -1.02. The summed E-state index contributed by atoms with van der Waals surface area (Å²) in [5, 5.41) is 3.71. The molecule has 1 aliphatic carbocycles. The molecule has 1 saturated carbocycles. The highest BCUT2D eigenvalue weighted by atomic mass is 16.5. The molecule has 0 heterocycles. The lowest BCUT2D eigenvalue weighted by molar-refractivity contribution is 0.401. The molecule has 0 bridgehead atoms. The van der Waals surface area contributed by atoms with E-state index in [1.807, 2.05) is 0 Å². The second-order valence-corrected chi connectivity index (χ2v) is 5.75. The van der Waals surface area contributed by atoms with E-state index in [1.54, 1.807) is 7.11 Å². The molecule has 1 aliphatic rings. The van der Waals surface area contributed by atoms with Gasteiger partial charge < -0.3 is 10.1 Å². The molecule has 2 rings (SSSR count). The SMILES string of the molecule is CCCNC(CCc1cc(C)ccc1OC)C1CC1. The lowest BCUT2D eigenvalue weighted by atomic mass is 10.00. The number of aryl methyl sites for hydroxylation is 2. The molecule has 0 spiro atoms. The molecule has 2 nitrogen and oxygen atoms in total. The molecular weight excluding hydrogens is 234 g/mol. The highest BCUT2D eigenvalue weighted by molar-refractivity contribution is 5.37. The summed E-state index contributed by atoms with van der Waals surface area (Å²) in [6.07, 6.45) is 6.38. The van der Waals surface area contributed by atoms with Gasteiger partial charge in [-0.2, -0.15) is 0 Å². The van der Waals surface area contributed by atoms with E-state index in [9.17, 15) is 0 Å². The van der Waals surface area contributed by atoms with Crippen molar-refractivity contribution >= 4 is 0 Å². The summed E-state index contributed by atoms with van der Waals surface area (Å²) in [5.41, 5.74) is 2.67. The smallest absolute Gasteiger partial charge is 0.122 e. The Labute approximate surface area is 117 Å². The van der Waals surface area contributed by atoms with Gasteiger partial charge in [-0.05, 0) is 63.1 Å². The quantitative estimate of drug-likeness (QED) is 0.770. The summed E-state index contributed by atoms with van der Waals surface area (Å²) in [4.78, 5) is 0. The zero-order valence-corrected chi connectivity index (χ0v) is 12.5. The van der Waals surface area contributed by atoms with Gasteiger partial charge >= 0.3 is 0 Å². The van der Waals surface area contributed by atoms with E-state index in [1.165, 1.54) is 36.8 Å². The van der Waals surface area contributed by atoms with Crippen molar-refractivity contribution in [3.8, 4) is 5.75 Å². The minimum Gasteiger partial charge on any atom is -0.496 e. The summed E-state index contributed by atoms with van der Waals surface area (Å²) < 4.78 is 5.47. The molecule has 19 heavy (non-hydrogen) atoms. The van der Waals surface area contributed by atoms with Gasteiger partial charge in [-0.25, -0.2) is 0 Å². The van der Waals surface area contributed by atoms with Gasteiger partial charge in [-0.15, -0.1) is 0 Å². The van der Waals surface area contributed by atoms with E-state index in [-0.39, 0.29) is 0 Å². The summed E-state index contributed by atoms with van der Waals surface area (Å²) in [6, 6.07) is 7.18. The number of methoxy groups -OCH3 is 1. The molecule has 0 aromatic heterocycles. The molecule has 1 fully saturated rings. The van der Waals surface area contributed by atoms with Gasteiger partial charge in [0.25, 0.3) is 0 Å². The predicted molar refractivity (Wildman–Crippen MR) is 80.9 cm³/mol. The molecule has 0 aliphatic heterocycles. The number of benzene rings is 1. The number of ether oxygens (including phenoxy) is 1. The Morgan fingerprint density at radius 1 is 1.37 bits per heavy atom. The van der Waals surface area contributed by atoms with Gasteiger partial charge in [-0.1, -0.05) is 24.6 Å². The molecule has 1 N–H and O–H groups in total. The van der Waals surface area contributed by atoms with Crippen molar-refractivity contribution in [2.24, 2.45) is 5.92 Å². The molecule has 1 unspecified atom stereocenters. The molecule has 0 saturated heterocycles. The highest BCUT2D eigenvalue weighted by Crippen LogP contribution is 2.35. The second kappa shape index (κ2) is 6.95. The van der Waals surface area contributed by atoms with Crippen LogP contribution >= 0.6 is 0 Å². The van der Waals surface area contributed by atoms with Crippen LogP contribution < -0.4 is 10.1 Å². The van der Waals surface area contributed by atoms with Crippen molar-refractivity contribution in [1.82, 2.24) is 5.32 Å². The third kappa shape index (κ3) is 4.24. The van der Waals surface area contributed by atoms with Crippen LogP contribution in [0.2, 0.25) is 0 Å². The molecule has 106 valence electrons. The number of nitrogens with one attached hydrogen (secondary N) is 1. The van der Waals surface area contributed by atoms with Crippen LogP contribution in [-0.4, -0.2) is 19.7 Å². The Bertz CT molecular complexity index is 398. The van der Waals surface area contributed by atoms with Crippen LogP contribution in [0, 0.1) is 12.8 Å². The fourth-order valence-corrected chi connectivity index (χ4v) is 2.75. The fraction of sp³-hybridized carbons (Fsp3) is 0.647. The summed E-state index contributed by atoms with van der Waals surface area (Å²) in [7, 11) is 1.77. The summed E-state index contributed by atoms with van der Waals surface area (Å²) in [6.45, 7) is 5.53. The molecule has 1 aromatic rings. The average Bonchev–Trinajstić information content (AvgIpc) is 3.23. The monoisotopic (exact) mass is 261 g/mol. The third-order valence-electron chi connectivity index (χ3n) is 4.01. The average molecular weight is 261 g/mol. The zero-order chi connectivity index (χ0) is 13.7. The van der Waals surface area contributed by atoms with Gasteiger partial charge in [0.05, 0.1) is 7.11 Å². The van der Waals surface area contributed by atoms with Gasteiger partial charge in [0.2, 0.25) is 0 Å². The first-order chi connectivity index (χ1) is 9.24. The topological polar surface area (TPSA) is 21.3 Å². The molecule has 0 radical (unpaired) electrons. The standard InChI is InChI=1S/C17H27NO/c1-4-11-18-16(14-6-7-14)9-8-15-12-13(2)5-10-17(15)19-3/h5,10,12,14,16,18H,4,6-9,11H2,1-3H3. The van der Waals surface area contributed by atoms with Crippen molar-refractivity contribution < 1.29 is 4.74 Å². The Kier molecular flexibility index (Phi) is 5.26. The van der Waals surface area contributed by atoms with Gasteiger partial charge in [-0.3, -0.25) is 0 Å². The van der Waals surface area contributed by atoms with Crippen LogP contribution in [0.3, 0.4) is 0 Å². The summed E-state index contributed by atoms with van der Waals surface area (Å²) >= 11 is 0. The molecule has 1 atom stereocenters. The minimum atomic E-state index is 0.699. The van der Waals surface area contributed by atoms with Gasteiger partial charge in [0.1, 0.15) is 5.75 Å². The molecule has 1 aromatic carbocycles. The zero-order valence-electron chi connectivity index (χ0n) is 12.5. The van der Waals surface area contributed by atoms with Crippen LogP contribution in [0.4, 0.5) is 0 Å². The second-order valence-electron chi connectivity index (χ2n) is 5.75. The number of rotatable bonds is 8. The molecule has 0 amide bonds. The van der Waals surface area contributed by atoms with Crippen LogP contribution in [-0.2, 0) is 6.42 Å². The van der Waals surface area contributed by atoms with Crippen molar-refractivity contribution in [2.45, 2.75) is 52.0 Å². The lowest BCUT2D eigenvalue weighted by Gasteiger charge is -2.19.